The van der Waals surface area contributed by atoms with E-state index in [0.717, 1.165) is 12.0 Å². The molecule has 2 fully saturated rings. The lowest BCUT2D eigenvalue weighted by Crippen LogP contribution is -2.39. The SMILES string of the molecule is O=C1[C@@H]2[C@@H](ON3CCc4ccccc4[C@@H]23)C(=O)N1c1ccccc1. The Morgan fingerprint density at radius 3 is 2.50 bits per heavy atom. The van der Waals surface area contributed by atoms with Crippen LogP contribution < -0.4 is 4.90 Å². The molecule has 3 heterocycles. The molecule has 0 radical (unpaired) electrons. The van der Waals surface area contributed by atoms with E-state index in [2.05, 4.69) is 6.07 Å². The predicted molar refractivity (Wildman–Crippen MR) is 86.9 cm³/mol. The van der Waals surface area contributed by atoms with Crippen LogP contribution in [-0.2, 0) is 20.8 Å². The zero-order chi connectivity index (χ0) is 16.3. The van der Waals surface area contributed by atoms with E-state index in [1.807, 2.05) is 41.5 Å². The largest absolute Gasteiger partial charge is 0.284 e. The van der Waals surface area contributed by atoms with Crippen molar-refractivity contribution in [3.63, 3.8) is 0 Å². The number of amides is 2. The molecule has 24 heavy (non-hydrogen) atoms. The Kier molecular flexibility index (Phi) is 2.89. The Morgan fingerprint density at radius 2 is 1.67 bits per heavy atom. The maximum Gasteiger partial charge on any atom is 0.265 e. The fourth-order valence-corrected chi connectivity index (χ4v) is 4.12. The van der Waals surface area contributed by atoms with Crippen LogP contribution in [0.1, 0.15) is 17.2 Å². The summed E-state index contributed by atoms with van der Waals surface area (Å²) in [5.41, 5.74) is 2.95. The summed E-state index contributed by atoms with van der Waals surface area (Å²) in [6, 6.07) is 17.0. The first-order valence-corrected chi connectivity index (χ1v) is 8.20. The first-order chi connectivity index (χ1) is 11.8. The Hall–Kier alpha value is -2.50. The molecule has 2 aromatic rings. The Balaban J connectivity index is 1.58. The topological polar surface area (TPSA) is 49.9 Å². The minimum absolute atomic E-state index is 0.166. The highest BCUT2D eigenvalue weighted by Crippen LogP contribution is 2.48. The van der Waals surface area contributed by atoms with Crippen molar-refractivity contribution in [3.8, 4) is 0 Å². The summed E-state index contributed by atoms with van der Waals surface area (Å²) in [5.74, 6) is -0.900. The highest BCUT2D eigenvalue weighted by Gasteiger charge is 2.60. The average molecular weight is 320 g/mol. The van der Waals surface area contributed by atoms with Crippen LogP contribution in [-0.4, -0.2) is 29.5 Å². The summed E-state index contributed by atoms with van der Waals surface area (Å²) in [6.07, 6.45) is 0.158. The molecular weight excluding hydrogens is 304 g/mol. The highest BCUT2D eigenvalue weighted by molar-refractivity contribution is 6.23. The molecule has 0 aliphatic carbocycles. The number of fused-ring (bicyclic) bond motifs is 5. The number of hydrogen-bond donors (Lipinski definition) is 0. The van der Waals surface area contributed by atoms with Crippen molar-refractivity contribution in [1.82, 2.24) is 5.06 Å². The van der Waals surface area contributed by atoms with Gasteiger partial charge in [-0.1, -0.05) is 42.5 Å². The van der Waals surface area contributed by atoms with Gasteiger partial charge in [0.15, 0.2) is 6.10 Å². The van der Waals surface area contributed by atoms with Crippen molar-refractivity contribution < 1.29 is 14.4 Å². The molecule has 0 saturated carbocycles. The summed E-state index contributed by atoms with van der Waals surface area (Å²) < 4.78 is 0. The van der Waals surface area contributed by atoms with Gasteiger partial charge in [-0.15, -0.1) is 0 Å². The lowest BCUT2D eigenvalue weighted by molar-refractivity contribution is -0.174. The molecule has 0 spiro atoms. The van der Waals surface area contributed by atoms with Crippen molar-refractivity contribution in [2.75, 3.05) is 11.4 Å². The average Bonchev–Trinajstić information content (AvgIpc) is 3.12. The number of imide groups is 1. The van der Waals surface area contributed by atoms with Gasteiger partial charge in [-0.2, -0.15) is 5.06 Å². The molecule has 5 heteroatoms. The summed E-state index contributed by atoms with van der Waals surface area (Å²) in [4.78, 5) is 33.1. The number of rotatable bonds is 1. The van der Waals surface area contributed by atoms with Crippen LogP contribution in [0.15, 0.2) is 54.6 Å². The maximum atomic E-state index is 13.1. The molecule has 3 aliphatic rings. The van der Waals surface area contributed by atoms with Crippen LogP contribution in [0.2, 0.25) is 0 Å². The zero-order valence-corrected chi connectivity index (χ0v) is 13.0. The van der Waals surface area contributed by atoms with Gasteiger partial charge in [-0.3, -0.25) is 14.4 Å². The minimum atomic E-state index is -0.714. The number of hydrogen-bond acceptors (Lipinski definition) is 4. The molecular formula is C19H16N2O3. The van der Waals surface area contributed by atoms with E-state index in [-0.39, 0.29) is 17.9 Å². The van der Waals surface area contributed by atoms with E-state index in [0.29, 0.717) is 12.2 Å². The minimum Gasteiger partial charge on any atom is -0.284 e. The molecule has 5 rings (SSSR count). The number of carbonyl (C=O) groups excluding carboxylic acids is 2. The Bertz CT molecular complexity index is 836. The second-order valence-electron chi connectivity index (χ2n) is 6.43. The predicted octanol–water partition coefficient (Wildman–Crippen LogP) is 2.09. The molecule has 0 unspecified atom stereocenters. The van der Waals surface area contributed by atoms with Gasteiger partial charge in [0, 0.05) is 6.54 Å². The van der Waals surface area contributed by atoms with E-state index >= 15 is 0 Å². The number of para-hydroxylation sites is 1. The monoisotopic (exact) mass is 320 g/mol. The van der Waals surface area contributed by atoms with E-state index in [1.165, 1.54) is 10.5 Å². The van der Waals surface area contributed by atoms with Crippen LogP contribution in [0.4, 0.5) is 5.69 Å². The normalized spacial score (nSPS) is 28.7. The van der Waals surface area contributed by atoms with E-state index in [1.54, 1.807) is 12.1 Å². The van der Waals surface area contributed by atoms with E-state index in [4.69, 9.17) is 4.84 Å². The van der Waals surface area contributed by atoms with Crippen molar-refractivity contribution in [2.45, 2.75) is 18.6 Å². The van der Waals surface area contributed by atoms with Crippen LogP contribution in [0, 0.1) is 5.92 Å². The van der Waals surface area contributed by atoms with Gasteiger partial charge < -0.3 is 0 Å². The summed E-state index contributed by atoms with van der Waals surface area (Å²) in [6.45, 7) is 0.709. The Labute approximate surface area is 139 Å². The van der Waals surface area contributed by atoms with Crippen LogP contribution >= 0.6 is 0 Å². The summed E-state index contributed by atoms with van der Waals surface area (Å²) >= 11 is 0. The molecule has 0 N–H and O–H groups in total. The molecule has 3 aliphatic heterocycles. The third kappa shape index (κ3) is 1.76. The van der Waals surface area contributed by atoms with Crippen LogP contribution in [0.5, 0.6) is 0 Å². The van der Waals surface area contributed by atoms with Crippen LogP contribution in [0.25, 0.3) is 0 Å². The third-order valence-electron chi connectivity index (χ3n) is 5.18. The summed E-state index contributed by atoms with van der Waals surface area (Å²) in [5, 5.41) is 1.83. The van der Waals surface area contributed by atoms with Gasteiger partial charge in [0.1, 0.15) is 0 Å². The number of anilines is 1. The third-order valence-corrected chi connectivity index (χ3v) is 5.18. The van der Waals surface area contributed by atoms with Crippen molar-refractivity contribution >= 4 is 17.5 Å². The molecule has 2 saturated heterocycles. The second-order valence-corrected chi connectivity index (χ2v) is 6.43. The van der Waals surface area contributed by atoms with E-state index < -0.39 is 12.0 Å². The number of hydroxylamine groups is 2. The Morgan fingerprint density at radius 1 is 0.917 bits per heavy atom. The quantitative estimate of drug-likeness (QED) is 0.755. The van der Waals surface area contributed by atoms with Crippen molar-refractivity contribution in [3.05, 3.63) is 65.7 Å². The number of nitrogens with zero attached hydrogens (tertiary/aromatic N) is 2. The maximum absolute atomic E-state index is 13.1. The van der Waals surface area contributed by atoms with Gasteiger partial charge in [-0.05, 0) is 29.7 Å². The number of benzene rings is 2. The van der Waals surface area contributed by atoms with Crippen LogP contribution in [0.3, 0.4) is 0 Å². The molecule has 2 aromatic carbocycles. The second kappa shape index (κ2) is 5.00. The standard InChI is InChI=1S/C19H16N2O3/c22-18-15-16-14-9-5-4-6-12(14)10-11-20(16)24-17(15)19(23)21(18)13-7-2-1-3-8-13/h1-9,15-17H,10-11H2/t15-,16-,17+/m0/s1. The molecule has 3 atom stereocenters. The van der Waals surface area contributed by atoms with Gasteiger partial charge in [-0.25, -0.2) is 4.90 Å². The first kappa shape index (κ1) is 13.9. The molecule has 5 nitrogen and oxygen atoms in total. The zero-order valence-electron chi connectivity index (χ0n) is 13.0. The van der Waals surface area contributed by atoms with Gasteiger partial charge in [0.25, 0.3) is 5.91 Å². The summed E-state index contributed by atoms with van der Waals surface area (Å²) in [7, 11) is 0. The molecule has 0 bridgehead atoms. The number of carbonyl (C=O) groups is 2. The first-order valence-electron chi connectivity index (χ1n) is 8.20. The van der Waals surface area contributed by atoms with Gasteiger partial charge in [0.2, 0.25) is 5.91 Å². The fraction of sp³-hybridized carbons (Fsp3) is 0.263. The lowest BCUT2D eigenvalue weighted by atomic mass is 9.85. The molecule has 0 aromatic heterocycles. The molecule has 2 amide bonds. The highest BCUT2D eigenvalue weighted by atomic mass is 16.7. The molecule has 120 valence electrons. The van der Waals surface area contributed by atoms with E-state index in [9.17, 15) is 9.59 Å². The van der Waals surface area contributed by atoms with Gasteiger partial charge >= 0.3 is 0 Å². The van der Waals surface area contributed by atoms with Crippen molar-refractivity contribution in [2.24, 2.45) is 5.92 Å². The van der Waals surface area contributed by atoms with Crippen molar-refractivity contribution in [1.29, 1.82) is 0 Å². The smallest absolute Gasteiger partial charge is 0.265 e. The lowest BCUT2D eigenvalue weighted by Gasteiger charge is -2.32. The fourth-order valence-electron chi connectivity index (χ4n) is 4.12. The van der Waals surface area contributed by atoms with Gasteiger partial charge in [0.05, 0.1) is 17.6 Å².